The molecule has 0 aliphatic heterocycles. The molecule has 0 saturated heterocycles. The molecule has 0 spiro atoms. The average Bonchev–Trinajstić information content (AvgIpc) is 3.19. The van der Waals surface area contributed by atoms with Gasteiger partial charge in [-0.15, -0.1) is 10.2 Å². The fourth-order valence-electron chi connectivity index (χ4n) is 2.87. The van der Waals surface area contributed by atoms with E-state index in [0.717, 1.165) is 17.8 Å². The van der Waals surface area contributed by atoms with E-state index in [1.54, 1.807) is 41.2 Å². The van der Waals surface area contributed by atoms with E-state index in [2.05, 4.69) is 15.2 Å². The number of nitro benzene ring substituents is 1. The van der Waals surface area contributed by atoms with Crippen LogP contribution >= 0.6 is 35.0 Å². The number of pyridine rings is 1. The summed E-state index contributed by atoms with van der Waals surface area (Å²) in [4.78, 5) is 26.8. The molecule has 0 radical (unpaired) electrons. The van der Waals surface area contributed by atoms with Gasteiger partial charge in [0, 0.05) is 29.6 Å². The fourth-order valence-corrected chi connectivity index (χ4v) is 4.10. The molecule has 2 aromatic heterocycles. The van der Waals surface area contributed by atoms with Crippen LogP contribution in [0.15, 0.2) is 71.0 Å². The maximum absolute atomic E-state index is 11.6. The van der Waals surface area contributed by atoms with Crippen LogP contribution < -0.4 is 5.73 Å². The number of nitro groups is 1. The summed E-state index contributed by atoms with van der Waals surface area (Å²) in [7, 11) is 0. The molecule has 2 heterocycles. The second kappa shape index (κ2) is 8.95. The van der Waals surface area contributed by atoms with Crippen molar-refractivity contribution < 1.29 is 9.72 Å². The van der Waals surface area contributed by atoms with Gasteiger partial charge in [-0.25, -0.2) is 0 Å². The lowest BCUT2D eigenvalue weighted by atomic mass is 10.2. The van der Waals surface area contributed by atoms with Crippen LogP contribution in [0.5, 0.6) is 0 Å². The first kappa shape index (κ1) is 21.8. The zero-order valence-electron chi connectivity index (χ0n) is 16.0. The van der Waals surface area contributed by atoms with E-state index in [4.69, 9.17) is 28.9 Å². The van der Waals surface area contributed by atoms with Gasteiger partial charge in [0.05, 0.1) is 25.6 Å². The van der Waals surface area contributed by atoms with Crippen LogP contribution in [0.1, 0.15) is 10.4 Å². The number of amides is 1. The Bertz CT molecular complexity index is 1350. The Hall–Kier alpha value is -3.47. The van der Waals surface area contributed by atoms with Gasteiger partial charge in [-0.2, -0.15) is 0 Å². The topological polar surface area (TPSA) is 130 Å². The Morgan fingerprint density at radius 2 is 1.91 bits per heavy atom. The van der Waals surface area contributed by atoms with Crippen molar-refractivity contribution in [3.05, 3.63) is 86.6 Å². The summed E-state index contributed by atoms with van der Waals surface area (Å²) in [5.41, 5.74) is 6.28. The van der Waals surface area contributed by atoms with Crippen molar-refractivity contribution in [2.24, 2.45) is 5.73 Å². The van der Waals surface area contributed by atoms with Crippen LogP contribution in [0.25, 0.3) is 17.1 Å². The number of hydrogen-bond acceptors (Lipinski definition) is 7. The van der Waals surface area contributed by atoms with Crippen molar-refractivity contribution in [2.45, 2.75) is 10.1 Å². The SMILES string of the molecule is NC(=O)c1ccc(Sc2nnc(-c3cccnc3)n2-c2ccc(Cl)c(Cl)c2)c([N+](=O)[O-])c1. The van der Waals surface area contributed by atoms with Gasteiger partial charge >= 0.3 is 0 Å². The standard InChI is InChI=1S/C20H12Cl2N6O3S/c21-14-5-4-13(9-15(14)22)27-19(12-2-1-7-24-10-12)25-26-20(27)32-17-6-3-11(18(23)29)8-16(17)28(30)31/h1-10H,(H2,23,29). The summed E-state index contributed by atoms with van der Waals surface area (Å²) in [5, 5.41) is 21.1. The molecule has 32 heavy (non-hydrogen) atoms. The van der Waals surface area contributed by atoms with E-state index in [1.165, 1.54) is 12.1 Å². The minimum absolute atomic E-state index is 0.0306. The number of aromatic nitrogens is 4. The predicted octanol–water partition coefficient (Wildman–Crippen LogP) is 4.79. The van der Waals surface area contributed by atoms with Crippen LogP contribution in [0.2, 0.25) is 10.0 Å². The first-order valence-corrected chi connectivity index (χ1v) is 10.5. The Labute approximate surface area is 195 Å². The number of hydrogen-bond donors (Lipinski definition) is 1. The van der Waals surface area contributed by atoms with Gasteiger partial charge < -0.3 is 5.73 Å². The monoisotopic (exact) mass is 486 g/mol. The van der Waals surface area contributed by atoms with Crippen molar-refractivity contribution >= 4 is 46.6 Å². The maximum atomic E-state index is 11.6. The molecule has 1 amide bonds. The summed E-state index contributed by atoms with van der Waals surface area (Å²) in [6.45, 7) is 0. The molecule has 0 aliphatic rings. The Morgan fingerprint density at radius 1 is 1.09 bits per heavy atom. The Morgan fingerprint density at radius 3 is 2.56 bits per heavy atom. The van der Waals surface area contributed by atoms with E-state index in [1.807, 2.05) is 6.07 Å². The molecule has 0 saturated carbocycles. The highest BCUT2D eigenvalue weighted by molar-refractivity contribution is 7.99. The number of nitrogens with zero attached hydrogens (tertiary/aromatic N) is 5. The van der Waals surface area contributed by atoms with Gasteiger partial charge in [0.25, 0.3) is 5.69 Å². The molecular weight excluding hydrogens is 475 g/mol. The molecule has 0 bridgehead atoms. The quantitative estimate of drug-likeness (QED) is 0.306. The number of nitrogens with two attached hydrogens (primary N) is 1. The van der Waals surface area contributed by atoms with Gasteiger partial charge in [-0.05, 0) is 54.2 Å². The first-order valence-electron chi connectivity index (χ1n) is 8.92. The minimum atomic E-state index is -0.762. The maximum Gasteiger partial charge on any atom is 0.284 e. The molecule has 0 atom stereocenters. The molecule has 12 heteroatoms. The normalized spacial score (nSPS) is 10.8. The number of carbonyl (C=O) groups excluding carboxylic acids is 1. The minimum Gasteiger partial charge on any atom is -0.366 e. The van der Waals surface area contributed by atoms with Crippen molar-refractivity contribution in [1.82, 2.24) is 19.7 Å². The lowest BCUT2D eigenvalue weighted by Crippen LogP contribution is -2.11. The molecule has 2 aromatic carbocycles. The van der Waals surface area contributed by atoms with Gasteiger partial charge in [0.15, 0.2) is 5.82 Å². The largest absolute Gasteiger partial charge is 0.366 e. The lowest BCUT2D eigenvalue weighted by Gasteiger charge is -2.11. The summed E-state index contributed by atoms with van der Waals surface area (Å²) in [5.74, 6) is -0.308. The Kier molecular flexibility index (Phi) is 6.08. The number of primary amides is 1. The molecule has 0 fully saturated rings. The third-order valence-corrected chi connectivity index (χ3v) is 6.11. The molecule has 0 unspecified atom stereocenters. The third-order valence-electron chi connectivity index (χ3n) is 4.36. The summed E-state index contributed by atoms with van der Waals surface area (Å²) in [6.07, 6.45) is 3.25. The van der Waals surface area contributed by atoms with Crippen molar-refractivity contribution in [2.75, 3.05) is 0 Å². The van der Waals surface area contributed by atoms with E-state index >= 15 is 0 Å². The first-order chi connectivity index (χ1) is 15.3. The highest BCUT2D eigenvalue weighted by Gasteiger charge is 2.23. The van der Waals surface area contributed by atoms with Crippen molar-refractivity contribution in [3.63, 3.8) is 0 Å². The average molecular weight is 487 g/mol. The number of benzene rings is 2. The van der Waals surface area contributed by atoms with Gasteiger partial charge in [0.1, 0.15) is 0 Å². The van der Waals surface area contributed by atoms with Gasteiger partial charge in [-0.1, -0.05) is 23.2 Å². The second-order valence-electron chi connectivity index (χ2n) is 6.39. The smallest absolute Gasteiger partial charge is 0.284 e. The lowest BCUT2D eigenvalue weighted by molar-refractivity contribution is -0.387. The number of halogens is 2. The molecule has 160 valence electrons. The van der Waals surface area contributed by atoms with E-state index in [0.29, 0.717) is 32.3 Å². The van der Waals surface area contributed by atoms with Crippen molar-refractivity contribution in [3.8, 4) is 17.1 Å². The molecule has 4 aromatic rings. The highest BCUT2D eigenvalue weighted by Crippen LogP contribution is 2.38. The van der Waals surface area contributed by atoms with E-state index < -0.39 is 10.8 Å². The van der Waals surface area contributed by atoms with Gasteiger partial charge in [-0.3, -0.25) is 24.5 Å². The second-order valence-corrected chi connectivity index (χ2v) is 8.21. The molecule has 4 rings (SSSR count). The van der Waals surface area contributed by atoms with Crippen LogP contribution in [-0.2, 0) is 0 Å². The summed E-state index contributed by atoms with van der Waals surface area (Å²) >= 11 is 13.3. The predicted molar refractivity (Wildman–Crippen MR) is 120 cm³/mol. The zero-order chi connectivity index (χ0) is 22.8. The summed E-state index contributed by atoms with van der Waals surface area (Å²) in [6, 6.07) is 12.6. The number of carbonyl (C=O) groups is 1. The molecule has 9 nitrogen and oxygen atoms in total. The summed E-state index contributed by atoms with van der Waals surface area (Å²) < 4.78 is 1.69. The van der Waals surface area contributed by atoms with E-state index in [-0.39, 0.29) is 16.1 Å². The van der Waals surface area contributed by atoms with Crippen LogP contribution in [-0.4, -0.2) is 30.6 Å². The third kappa shape index (κ3) is 4.28. The van der Waals surface area contributed by atoms with Crippen LogP contribution in [0, 0.1) is 10.1 Å². The van der Waals surface area contributed by atoms with Crippen LogP contribution in [0.3, 0.4) is 0 Å². The fraction of sp³-hybridized carbons (Fsp3) is 0. The highest BCUT2D eigenvalue weighted by atomic mass is 35.5. The molecule has 0 aliphatic carbocycles. The van der Waals surface area contributed by atoms with E-state index in [9.17, 15) is 14.9 Å². The zero-order valence-corrected chi connectivity index (χ0v) is 18.3. The van der Waals surface area contributed by atoms with Crippen molar-refractivity contribution in [1.29, 1.82) is 0 Å². The van der Waals surface area contributed by atoms with Crippen LogP contribution in [0.4, 0.5) is 5.69 Å². The number of rotatable bonds is 6. The molecule has 2 N–H and O–H groups in total. The Balaban J connectivity index is 1.87. The van der Waals surface area contributed by atoms with Gasteiger partial charge in [0.2, 0.25) is 11.1 Å². The molecular formula is C20H12Cl2N6O3S.